The van der Waals surface area contributed by atoms with E-state index in [1.165, 1.54) is 11.8 Å². The number of benzene rings is 2. The van der Waals surface area contributed by atoms with Gasteiger partial charge in [0.05, 0.1) is 11.1 Å². The van der Waals surface area contributed by atoms with Gasteiger partial charge in [-0.3, -0.25) is 0 Å². The fourth-order valence-electron chi connectivity index (χ4n) is 3.10. The number of allylic oxidation sites excluding steroid dienone is 1. The van der Waals surface area contributed by atoms with Crippen LogP contribution < -0.4 is 0 Å². The first-order valence-corrected chi connectivity index (χ1v) is 9.66. The van der Waals surface area contributed by atoms with Gasteiger partial charge in [-0.05, 0) is 47.2 Å². The van der Waals surface area contributed by atoms with Crippen LogP contribution >= 0.6 is 0 Å². The number of nitrogens with zero attached hydrogens (tertiary/aromatic N) is 1. The van der Waals surface area contributed by atoms with Gasteiger partial charge in [0, 0.05) is 12.2 Å². The fourth-order valence-corrected chi connectivity index (χ4v) is 3.73. The third-order valence-corrected chi connectivity index (χ3v) is 5.46. The zero-order valence-corrected chi connectivity index (χ0v) is 14.2. The van der Waals surface area contributed by atoms with Gasteiger partial charge < -0.3 is 5.21 Å². The summed E-state index contributed by atoms with van der Waals surface area (Å²) in [6, 6.07) is 15.0. The van der Waals surface area contributed by atoms with E-state index in [0.717, 1.165) is 29.5 Å². The van der Waals surface area contributed by atoms with Crippen LogP contribution in [0.15, 0.2) is 58.6 Å². The molecule has 1 aliphatic carbocycles. The predicted molar refractivity (Wildman–Crippen MR) is 96.0 cm³/mol. The number of hydrogen-bond donors (Lipinski definition) is 1. The summed E-state index contributed by atoms with van der Waals surface area (Å²) in [6.07, 6.45) is 6.63. The summed E-state index contributed by atoms with van der Waals surface area (Å²) in [6.45, 7) is 0. The second-order valence-electron chi connectivity index (χ2n) is 6.01. The summed E-state index contributed by atoms with van der Waals surface area (Å²) in [4.78, 5) is 0.308. The Morgan fingerprint density at radius 3 is 2.50 bits per heavy atom. The normalized spacial score (nSPS) is 19.5. The molecule has 2 aromatic carbocycles. The fraction of sp³-hybridized carbons (Fsp3) is 0.211. The maximum absolute atomic E-state index is 11.6. The molecule has 1 atom stereocenters. The van der Waals surface area contributed by atoms with Crippen molar-refractivity contribution in [2.24, 2.45) is 11.1 Å². The average molecular weight is 341 g/mol. The van der Waals surface area contributed by atoms with Crippen LogP contribution in [0.25, 0.3) is 11.6 Å². The highest BCUT2D eigenvalue weighted by atomic mass is 32.2. The van der Waals surface area contributed by atoms with Crippen molar-refractivity contribution in [1.29, 1.82) is 0 Å². The Balaban J connectivity index is 2.05. The summed E-state index contributed by atoms with van der Waals surface area (Å²) in [5, 5.41) is 12.2. The van der Waals surface area contributed by atoms with Crippen LogP contribution in [0.2, 0.25) is 0 Å². The minimum Gasteiger partial charge on any atom is -0.411 e. The van der Waals surface area contributed by atoms with Gasteiger partial charge >= 0.3 is 0 Å². The first-order chi connectivity index (χ1) is 11.5. The molecule has 0 fully saturated rings. The molecule has 0 saturated heterocycles. The molecule has 0 spiro atoms. The van der Waals surface area contributed by atoms with E-state index < -0.39 is 9.84 Å². The van der Waals surface area contributed by atoms with Crippen LogP contribution in [0.5, 0.6) is 0 Å². The number of hydrogen-bond acceptors (Lipinski definition) is 4. The molecule has 1 N–H and O–H groups in total. The lowest BCUT2D eigenvalue weighted by molar-refractivity contribution is 0.319. The van der Waals surface area contributed by atoms with Crippen molar-refractivity contribution in [2.45, 2.75) is 17.7 Å². The van der Waals surface area contributed by atoms with Crippen LogP contribution in [-0.4, -0.2) is 26.1 Å². The molecule has 1 unspecified atom stereocenters. The molecule has 1 aliphatic rings. The van der Waals surface area contributed by atoms with E-state index in [1.54, 1.807) is 30.5 Å². The Morgan fingerprint density at radius 1 is 1.12 bits per heavy atom. The molecule has 0 aromatic heterocycles. The van der Waals surface area contributed by atoms with Crippen molar-refractivity contribution < 1.29 is 13.6 Å². The number of aryl methyl sites for hydroxylation is 1. The van der Waals surface area contributed by atoms with Gasteiger partial charge in [-0.15, -0.1) is 5.16 Å². The van der Waals surface area contributed by atoms with E-state index in [-0.39, 0.29) is 5.92 Å². The lowest BCUT2D eigenvalue weighted by atomic mass is 9.79. The van der Waals surface area contributed by atoms with Crippen molar-refractivity contribution in [2.75, 3.05) is 6.26 Å². The maximum Gasteiger partial charge on any atom is 0.175 e. The predicted octanol–water partition coefficient (Wildman–Crippen LogP) is 3.65. The quantitative estimate of drug-likeness (QED) is 0.526. The lowest BCUT2D eigenvalue weighted by Gasteiger charge is -2.25. The molecule has 3 rings (SSSR count). The van der Waals surface area contributed by atoms with Gasteiger partial charge in [0.15, 0.2) is 9.84 Å². The molecule has 0 amide bonds. The minimum atomic E-state index is -3.20. The highest BCUT2D eigenvalue weighted by Crippen LogP contribution is 2.36. The van der Waals surface area contributed by atoms with E-state index in [1.807, 2.05) is 18.2 Å². The van der Waals surface area contributed by atoms with Gasteiger partial charge in [-0.1, -0.05) is 42.5 Å². The van der Waals surface area contributed by atoms with Crippen LogP contribution in [0.1, 0.15) is 23.1 Å². The van der Waals surface area contributed by atoms with Gasteiger partial charge in [-0.2, -0.15) is 0 Å². The number of fused-ring (bicyclic) bond motifs is 1. The van der Waals surface area contributed by atoms with Crippen molar-refractivity contribution in [3.63, 3.8) is 0 Å². The third-order valence-electron chi connectivity index (χ3n) is 4.33. The minimum absolute atomic E-state index is 0.0412. The first-order valence-electron chi connectivity index (χ1n) is 7.76. The molecule has 24 heavy (non-hydrogen) atoms. The molecule has 0 aliphatic heterocycles. The standard InChI is InChI=1S/C19H19NO3S/c1-24(22,23)17-10-6-14(7-11-17)12-19-16(13-20-21)9-8-15-4-2-3-5-18(15)19/h2-7,10-13,16,21H,8-9H2,1H3. The zero-order chi connectivity index (χ0) is 17.2. The van der Waals surface area contributed by atoms with Crippen LogP contribution in [0.3, 0.4) is 0 Å². The van der Waals surface area contributed by atoms with E-state index in [0.29, 0.717) is 4.90 Å². The molecular weight excluding hydrogens is 322 g/mol. The Labute approximate surface area is 142 Å². The number of oxime groups is 1. The maximum atomic E-state index is 11.6. The SMILES string of the molecule is CS(=O)(=O)c1ccc(C=C2c3ccccc3CCC2C=NO)cc1. The molecule has 2 aromatic rings. The summed E-state index contributed by atoms with van der Waals surface area (Å²) in [7, 11) is -3.20. The largest absolute Gasteiger partial charge is 0.411 e. The van der Waals surface area contributed by atoms with Gasteiger partial charge in [0.1, 0.15) is 0 Å². The molecule has 0 heterocycles. The highest BCUT2D eigenvalue weighted by molar-refractivity contribution is 7.90. The highest BCUT2D eigenvalue weighted by Gasteiger charge is 2.22. The Hall–Kier alpha value is -2.40. The van der Waals surface area contributed by atoms with Gasteiger partial charge in [0.25, 0.3) is 0 Å². The molecular formula is C19H19NO3S. The lowest BCUT2D eigenvalue weighted by Crippen LogP contribution is -2.14. The second kappa shape index (κ2) is 6.61. The Bertz CT molecular complexity index is 896. The first kappa shape index (κ1) is 16.5. The monoisotopic (exact) mass is 341 g/mol. The summed E-state index contributed by atoms with van der Waals surface area (Å²) < 4.78 is 23.1. The van der Waals surface area contributed by atoms with Crippen molar-refractivity contribution in [3.05, 3.63) is 65.2 Å². The van der Waals surface area contributed by atoms with Crippen molar-refractivity contribution >= 4 is 27.7 Å². The van der Waals surface area contributed by atoms with E-state index in [9.17, 15) is 8.42 Å². The molecule has 124 valence electrons. The third kappa shape index (κ3) is 3.41. The van der Waals surface area contributed by atoms with E-state index >= 15 is 0 Å². The van der Waals surface area contributed by atoms with Crippen LogP contribution in [0, 0.1) is 5.92 Å². The van der Waals surface area contributed by atoms with Crippen molar-refractivity contribution in [3.8, 4) is 0 Å². The number of sulfone groups is 1. The molecule has 0 saturated carbocycles. The van der Waals surface area contributed by atoms with Gasteiger partial charge in [0.2, 0.25) is 0 Å². The Kier molecular flexibility index (Phi) is 4.53. The van der Waals surface area contributed by atoms with Crippen molar-refractivity contribution in [1.82, 2.24) is 0 Å². The smallest absolute Gasteiger partial charge is 0.175 e. The molecule has 0 radical (unpaired) electrons. The van der Waals surface area contributed by atoms with Crippen LogP contribution in [0.4, 0.5) is 0 Å². The summed E-state index contributed by atoms with van der Waals surface area (Å²) in [5.41, 5.74) is 4.44. The van der Waals surface area contributed by atoms with E-state index in [2.05, 4.69) is 17.3 Å². The number of rotatable bonds is 3. The van der Waals surface area contributed by atoms with Crippen LogP contribution in [-0.2, 0) is 16.3 Å². The molecule has 0 bridgehead atoms. The zero-order valence-electron chi connectivity index (χ0n) is 13.4. The second-order valence-corrected chi connectivity index (χ2v) is 8.02. The summed E-state index contributed by atoms with van der Waals surface area (Å²) >= 11 is 0. The summed E-state index contributed by atoms with van der Waals surface area (Å²) in [5.74, 6) is 0.0412. The molecule has 4 nitrogen and oxygen atoms in total. The average Bonchev–Trinajstić information content (AvgIpc) is 2.57. The topological polar surface area (TPSA) is 66.7 Å². The van der Waals surface area contributed by atoms with Gasteiger partial charge in [-0.25, -0.2) is 8.42 Å². The van der Waals surface area contributed by atoms with E-state index in [4.69, 9.17) is 5.21 Å². The Morgan fingerprint density at radius 2 is 1.83 bits per heavy atom. The molecule has 5 heteroatoms.